The van der Waals surface area contributed by atoms with Crippen LogP contribution in [0.1, 0.15) is 38.2 Å². The molecule has 0 heterocycles. The smallest absolute Gasteiger partial charge is 0.173 e. The van der Waals surface area contributed by atoms with E-state index in [9.17, 15) is 0 Å². The van der Waals surface area contributed by atoms with Gasteiger partial charge in [-0.3, -0.25) is 0 Å². The standard InChI is InChI=1S/C15H22BrN3O/c1-10-6-8-11(9-7-10)19(2)13-5-3-4-12(16)14(13)15(17)18-20/h3-5,10-11,20H,6-9H2,1-2H3,(H2,17,18). The second kappa shape index (κ2) is 6.48. The fourth-order valence-electron chi connectivity index (χ4n) is 2.94. The Balaban J connectivity index is 2.30. The fourth-order valence-corrected chi connectivity index (χ4v) is 3.50. The molecule has 0 radical (unpaired) electrons. The van der Waals surface area contributed by atoms with Gasteiger partial charge in [0.1, 0.15) is 0 Å². The van der Waals surface area contributed by atoms with Crippen LogP contribution in [0.3, 0.4) is 0 Å². The van der Waals surface area contributed by atoms with Crippen molar-refractivity contribution in [1.82, 2.24) is 0 Å². The molecule has 0 spiro atoms. The Kier molecular flexibility index (Phi) is 4.91. The van der Waals surface area contributed by atoms with Gasteiger partial charge in [-0.05, 0) is 59.7 Å². The van der Waals surface area contributed by atoms with E-state index in [1.54, 1.807) is 0 Å². The molecular formula is C15H22BrN3O. The molecule has 1 aromatic rings. The molecule has 0 aliphatic heterocycles. The number of hydrogen-bond donors (Lipinski definition) is 2. The largest absolute Gasteiger partial charge is 0.409 e. The summed E-state index contributed by atoms with van der Waals surface area (Å²) in [5.74, 6) is 0.967. The lowest BCUT2D eigenvalue weighted by atomic mass is 9.86. The highest BCUT2D eigenvalue weighted by molar-refractivity contribution is 9.10. The van der Waals surface area contributed by atoms with Crippen molar-refractivity contribution in [2.75, 3.05) is 11.9 Å². The molecule has 110 valence electrons. The van der Waals surface area contributed by atoms with Gasteiger partial charge in [-0.25, -0.2) is 0 Å². The summed E-state index contributed by atoms with van der Waals surface area (Å²) < 4.78 is 0.848. The Morgan fingerprint density at radius 2 is 2.00 bits per heavy atom. The molecule has 0 atom stereocenters. The predicted molar refractivity (Wildman–Crippen MR) is 86.5 cm³/mol. The first-order chi connectivity index (χ1) is 9.54. The molecule has 1 fully saturated rings. The van der Waals surface area contributed by atoms with Crippen LogP contribution in [0.2, 0.25) is 0 Å². The second-order valence-electron chi connectivity index (χ2n) is 5.64. The van der Waals surface area contributed by atoms with Crippen LogP contribution in [0.4, 0.5) is 5.69 Å². The van der Waals surface area contributed by atoms with E-state index in [2.05, 4.69) is 40.0 Å². The molecule has 1 aliphatic carbocycles. The summed E-state index contributed by atoms with van der Waals surface area (Å²) in [7, 11) is 2.09. The third kappa shape index (κ3) is 3.08. The summed E-state index contributed by atoms with van der Waals surface area (Å²) in [5.41, 5.74) is 7.60. The molecule has 0 amide bonds. The molecule has 2 rings (SSSR count). The van der Waals surface area contributed by atoms with Crippen LogP contribution in [0, 0.1) is 5.92 Å². The Hall–Kier alpha value is -1.23. The summed E-state index contributed by atoms with van der Waals surface area (Å²) in [6.45, 7) is 2.32. The lowest BCUT2D eigenvalue weighted by molar-refractivity contribution is 0.318. The fraction of sp³-hybridized carbons (Fsp3) is 0.533. The van der Waals surface area contributed by atoms with Crippen molar-refractivity contribution in [1.29, 1.82) is 0 Å². The van der Waals surface area contributed by atoms with E-state index in [1.165, 1.54) is 25.7 Å². The van der Waals surface area contributed by atoms with E-state index in [1.807, 2.05) is 18.2 Å². The van der Waals surface area contributed by atoms with Crippen LogP contribution in [-0.4, -0.2) is 24.1 Å². The van der Waals surface area contributed by atoms with E-state index in [0.717, 1.165) is 21.6 Å². The third-order valence-electron chi connectivity index (χ3n) is 4.27. The maximum Gasteiger partial charge on any atom is 0.173 e. The van der Waals surface area contributed by atoms with Gasteiger partial charge < -0.3 is 15.8 Å². The molecule has 1 saturated carbocycles. The van der Waals surface area contributed by atoms with Crippen molar-refractivity contribution in [2.45, 2.75) is 38.6 Å². The highest BCUT2D eigenvalue weighted by atomic mass is 79.9. The van der Waals surface area contributed by atoms with Crippen molar-refractivity contribution in [3.05, 3.63) is 28.2 Å². The molecule has 1 aromatic carbocycles. The molecule has 20 heavy (non-hydrogen) atoms. The van der Waals surface area contributed by atoms with Crippen LogP contribution < -0.4 is 10.6 Å². The molecule has 0 saturated heterocycles. The second-order valence-corrected chi connectivity index (χ2v) is 6.50. The van der Waals surface area contributed by atoms with Gasteiger partial charge in [-0.15, -0.1) is 0 Å². The number of oxime groups is 1. The molecule has 4 nitrogen and oxygen atoms in total. The van der Waals surface area contributed by atoms with Gasteiger partial charge in [-0.2, -0.15) is 0 Å². The molecule has 1 aliphatic rings. The summed E-state index contributed by atoms with van der Waals surface area (Å²) in [6, 6.07) is 6.44. The molecule has 3 N–H and O–H groups in total. The normalized spacial score (nSPS) is 23.6. The number of benzene rings is 1. The lowest BCUT2D eigenvalue weighted by Crippen LogP contribution is -2.36. The molecule has 0 aromatic heterocycles. The molecule has 5 heteroatoms. The first-order valence-corrected chi connectivity index (χ1v) is 7.83. The van der Waals surface area contributed by atoms with Crippen molar-refractivity contribution in [2.24, 2.45) is 16.8 Å². The summed E-state index contributed by atoms with van der Waals surface area (Å²) in [6.07, 6.45) is 4.92. The number of nitrogens with zero attached hydrogens (tertiary/aromatic N) is 2. The number of rotatable bonds is 3. The summed E-state index contributed by atoms with van der Waals surface area (Å²) in [5, 5.41) is 12.1. The zero-order valence-electron chi connectivity index (χ0n) is 12.0. The van der Waals surface area contributed by atoms with Crippen molar-refractivity contribution < 1.29 is 5.21 Å². The highest BCUT2D eigenvalue weighted by Crippen LogP contribution is 2.33. The number of hydrogen-bond acceptors (Lipinski definition) is 3. The monoisotopic (exact) mass is 339 g/mol. The number of amidine groups is 1. The van der Waals surface area contributed by atoms with E-state index in [-0.39, 0.29) is 5.84 Å². The molecular weight excluding hydrogens is 318 g/mol. The minimum absolute atomic E-state index is 0.142. The Labute approximate surface area is 128 Å². The summed E-state index contributed by atoms with van der Waals surface area (Å²) in [4.78, 5) is 2.27. The van der Waals surface area contributed by atoms with Crippen LogP contribution in [0.25, 0.3) is 0 Å². The third-order valence-corrected chi connectivity index (χ3v) is 4.93. The average Bonchev–Trinajstić information content (AvgIpc) is 2.46. The zero-order valence-corrected chi connectivity index (χ0v) is 13.6. The van der Waals surface area contributed by atoms with E-state index in [0.29, 0.717) is 6.04 Å². The Morgan fingerprint density at radius 1 is 1.35 bits per heavy atom. The quantitative estimate of drug-likeness (QED) is 0.383. The van der Waals surface area contributed by atoms with Gasteiger partial charge in [0.15, 0.2) is 5.84 Å². The van der Waals surface area contributed by atoms with E-state index < -0.39 is 0 Å². The predicted octanol–water partition coefficient (Wildman–Crippen LogP) is 3.56. The average molecular weight is 340 g/mol. The van der Waals surface area contributed by atoms with Gasteiger partial charge in [0.05, 0.1) is 5.56 Å². The molecule has 0 bridgehead atoms. The maximum absolute atomic E-state index is 8.99. The topological polar surface area (TPSA) is 61.8 Å². The minimum Gasteiger partial charge on any atom is -0.409 e. The number of halogens is 1. The summed E-state index contributed by atoms with van der Waals surface area (Å²) >= 11 is 3.49. The SMILES string of the molecule is CC1CCC(N(C)c2cccc(Br)c2/C(N)=N/O)CC1. The van der Waals surface area contributed by atoms with Gasteiger partial charge >= 0.3 is 0 Å². The number of nitrogens with two attached hydrogens (primary N) is 1. The maximum atomic E-state index is 8.99. The van der Waals surface area contributed by atoms with Crippen LogP contribution in [0.5, 0.6) is 0 Å². The van der Waals surface area contributed by atoms with Gasteiger partial charge in [0.25, 0.3) is 0 Å². The van der Waals surface area contributed by atoms with E-state index in [4.69, 9.17) is 10.9 Å². The molecule has 0 unspecified atom stereocenters. The van der Waals surface area contributed by atoms with Crippen LogP contribution >= 0.6 is 15.9 Å². The number of anilines is 1. The lowest BCUT2D eigenvalue weighted by Gasteiger charge is -2.36. The van der Waals surface area contributed by atoms with Crippen LogP contribution in [0.15, 0.2) is 27.8 Å². The van der Waals surface area contributed by atoms with Gasteiger partial charge in [0, 0.05) is 23.2 Å². The minimum atomic E-state index is 0.142. The Bertz CT molecular complexity index is 496. The van der Waals surface area contributed by atoms with E-state index >= 15 is 0 Å². The van der Waals surface area contributed by atoms with Gasteiger partial charge in [0.2, 0.25) is 0 Å². The first kappa shape index (κ1) is 15.2. The Morgan fingerprint density at radius 3 is 2.60 bits per heavy atom. The highest BCUT2D eigenvalue weighted by Gasteiger charge is 2.24. The zero-order chi connectivity index (χ0) is 14.7. The van der Waals surface area contributed by atoms with Crippen LogP contribution in [-0.2, 0) is 0 Å². The van der Waals surface area contributed by atoms with Crippen molar-refractivity contribution in [3.8, 4) is 0 Å². The first-order valence-electron chi connectivity index (χ1n) is 7.03. The van der Waals surface area contributed by atoms with Gasteiger partial charge in [-0.1, -0.05) is 18.1 Å². The van der Waals surface area contributed by atoms with Crippen molar-refractivity contribution in [3.63, 3.8) is 0 Å². The van der Waals surface area contributed by atoms with Crippen molar-refractivity contribution >= 4 is 27.5 Å².